The lowest BCUT2D eigenvalue weighted by Gasteiger charge is -2.32. The summed E-state index contributed by atoms with van der Waals surface area (Å²) in [6, 6.07) is 7.83. The molecule has 2 aliphatic rings. The summed E-state index contributed by atoms with van der Waals surface area (Å²) in [4.78, 5) is 46.8. The molecule has 1 unspecified atom stereocenters. The highest BCUT2D eigenvalue weighted by Crippen LogP contribution is 2.26. The minimum atomic E-state index is -1.08. The highest BCUT2D eigenvalue weighted by Gasteiger charge is 2.43. The molecule has 174 valence electrons. The first-order valence-electron chi connectivity index (χ1n) is 10.9. The van der Waals surface area contributed by atoms with E-state index in [4.69, 9.17) is 28.9 Å². The highest BCUT2D eigenvalue weighted by molar-refractivity contribution is 6.42. The third-order valence-corrected chi connectivity index (χ3v) is 6.88. The second-order valence-corrected chi connectivity index (χ2v) is 9.17. The number of pyridine rings is 1. The molecular weight excluding hydrogens is 465 g/mol. The Morgan fingerprint density at radius 2 is 1.48 bits per heavy atom. The number of amides is 3. The van der Waals surface area contributed by atoms with Crippen LogP contribution in [0.25, 0.3) is 0 Å². The summed E-state index contributed by atoms with van der Waals surface area (Å²) < 4.78 is 0. The molecule has 1 aromatic carbocycles. The Kier molecular flexibility index (Phi) is 7.17. The number of hydrogen-bond acceptors (Lipinski definition) is 5. The average molecular weight is 490 g/mol. The zero-order valence-corrected chi connectivity index (χ0v) is 19.4. The van der Waals surface area contributed by atoms with Crippen molar-refractivity contribution in [3.8, 4) is 0 Å². The minimum Gasteiger partial charge on any atom is -0.350 e. The minimum absolute atomic E-state index is 0.0438. The van der Waals surface area contributed by atoms with Crippen molar-refractivity contribution in [2.45, 2.75) is 43.9 Å². The number of benzene rings is 1. The lowest BCUT2D eigenvalue weighted by molar-refractivity contribution is -0.129. The van der Waals surface area contributed by atoms with Gasteiger partial charge in [-0.25, -0.2) is 0 Å². The van der Waals surface area contributed by atoms with Crippen molar-refractivity contribution in [2.24, 2.45) is 5.73 Å². The molecule has 0 spiro atoms. The van der Waals surface area contributed by atoms with Gasteiger partial charge in [0.05, 0.1) is 10.0 Å². The van der Waals surface area contributed by atoms with Crippen LogP contribution >= 0.6 is 23.2 Å². The summed E-state index contributed by atoms with van der Waals surface area (Å²) in [5, 5.41) is 3.60. The molecule has 1 aliphatic heterocycles. The Labute approximate surface area is 202 Å². The molecule has 33 heavy (non-hydrogen) atoms. The van der Waals surface area contributed by atoms with E-state index in [1.54, 1.807) is 18.2 Å². The first kappa shape index (κ1) is 23.5. The number of aromatic nitrogens is 1. The Bertz CT molecular complexity index is 1040. The maximum atomic E-state index is 13.4. The number of nitrogens with zero attached hydrogens (tertiary/aromatic N) is 3. The SMILES string of the molecule is NC1CCC(NC(=O)C2N(C(=O)c3ccncc3)CCN2C(=O)c2ccc(Cl)c(Cl)c2)CC1. The third kappa shape index (κ3) is 5.13. The molecule has 2 aromatic rings. The molecule has 0 bridgehead atoms. The Morgan fingerprint density at radius 3 is 2.09 bits per heavy atom. The van der Waals surface area contributed by atoms with E-state index in [2.05, 4.69) is 10.3 Å². The van der Waals surface area contributed by atoms with Gasteiger partial charge in [-0.3, -0.25) is 19.4 Å². The largest absolute Gasteiger partial charge is 0.350 e. The van der Waals surface area contributed by atoms with Gasteiger partial charge in [0.1, 0.15) is 0 Å². The van der Waals surface area contributed by atoms with Gasteiger partial charge in [0.25, 0.3) is 17.7 Å². The lowest BCUT2D eigenvalue weighted by atomic mass is 9.92. The molecule has 4 rings (SSSR count). The van der Waals surface area contributed by atoms with Crippen LogP contribution in [-0.4, -0.2) is 63.8 Å². The van der Waals surface area contributed by atoms with Crippen LogP contribution in [0.1, 0.15) is 46.4 Å². The van der Waals surface area contributed by atoms with Crippen LogP contribution < -0.4 is 11.1 Å². The summed E-state index contributed by atoms with van der Waals surface area (Å²) in [6.45, 7) is 0.436. The molecule has 0 radical (unpaired) electrons. The summed E-state index contributed by atoms with van der Waals surface area (Å²) in [5.74, 6) is -1.12. The molecule has 1 aliphatic carbocycles. The fraction of sp³-hybridized carbons (Fsp3) is 0.391. The number of hydrogen-bond donors (Lipinski definition) is 2. The highest BCUT2D eigenvalue weighted by atomic mass is 35.5. The molecule has 2 fully saturated rings. The average Bonchev–Trinajstić information content (AvgIpc) is 3.27. The Hall–Kier alpha value is -2.68. The molecule has 3 amide bonds. The normalized spacial score (nSPS) is 22.8. The van der Waals surface area contributed by atoms with Gasteiger partial charge in [-0.1, -0.05) is 23.2 Å². The van der Waals surface area contributed by atoms with Gasteiger partial charge in [-0.05, 0) is 56.0 Å². The van der Waals surface area contributed by atoms with Crippen LogP contribution in [0.2, 0.25) is 10.0 Å². The monoisotopic (exact) mass is 489 g/mol. The zero-order chi connectivity index (χ0) is 23.5. The van der Waals surface area contributed by atoms with Crippen molar-refractivity contribution < 1.29 is 14.4 Å². The van der Waals surface area contributed by atoms with Crippen LogP contribution in [0, 0.1) is 0 Å². The topological polar surface area (TPSA) is 109 Å². The van der Waals surface area contributed by atoms with Crippen molar-refractivity contribution in [3.63, 3.8) is 0 Å². The molecule has 10 heteroatoms. The maximum absolute atomic E-state index is 13.4. The summed E-state index contributed by atoms with van der Waals surface area (Å²) >= 11 is 12.1. The molecule has 1 saturated carbocycles. The molecule has 8 nitrogen and oxygen atoms in total. The maximum Gasteiger partial charge on any atom is 0.264 e. The van der Waals surface area contributed by atoms with Crippen LogP contribution in [-0.2, 0) is 4.79 Å². The number of nitrogens with one attached hydrogen (secondary N) is 1. The number of carbonyl (C=O) groups is 3. The Morgan fingerprint density at radius 1 is 0.879 bits per heavy atom. The number of nitrogens with two attached hydrogens (primary N) is 1. The van der Waals surface area contributed by atoms with Crippen molar-refractivity contribution >= 4 is 40.9 Å². The fourth-order valence-corrected chi connectivity index (χ4v) is 4.63. The van der Waals surface area contributed by atoms with Crippen molar-refractivity contribution in [3.05, 3.63) is 63.9 Å². The molecule has 1 saturated heterocycles. The first-order valence-corrected chi connectivity index (χ1v) is 11.6. The summed E-state index contributed by atoms with van der Waals surface area (Å²) in [7, 11) is 0. The molecule has 1 atom stereocenters. The second-order valence-electron chi connectivity index (χ2n) is 8.36. The van der Waals surface area contributed by atoms with E-state index < -0.39 is 12.1 Å². The molecular formula is C23H25Cl2N5O3. The van der Waals surface area contributed by atoms with E-state index in [0.717, 1.165) is 25.7 Å². The van der Waals surface area contributed by atoms with Gasteiger partial charge < -0.3 is 20.9 Å². The van der Waals surface area contributed by atoms with E-state index in [1.807, 2.05) is 0 Å². The van der Waals surface area contributed by atoms with E-state index in [-0.39, 0.29) is 42.0 Å². The Balaban J connectivity index is 1.60. The third-order valence-electron chi connectivity index (χ3n) is 6.14. The van der Waals surface area contributed by atoms with Crippen LogP contribution in [0.3, 0.4) is 0 Å². The predicted octanol–water partition coefficient (Wildman–Crippen LogP) is 2.70. The van der Waals surface area contributed by atoms with Gasteiger partial charge in [-0.2, -0.15) is 0 Å². The van der Waals surface area contributed by atoms with Crippen molar-refractivity contribution in [1.29, 1.82) is 0 Å². The van der Waals surface area contributed by atoms with Crippen molar-refractivity contribution in [1.82, 2.24) is 20.1 Å². The van der Waals surface area contributed by atoms with E-state index in [1.165, 1.54) is 34.3 Å². The molecule has 2 heterocycles. The predicted molar refractivity (Wildman–Crippen MR) is 125 cm³/mol. The smallest absolute Gasteiger partial charge is 0.264 e. The van der Waals surface area contributed by atoms with Crippen LogP contribution in [0.4, 0.5) is 0 Å². The van der Waals surface area contributed by atoms with Gasteiger partial charge in [-0.15, -0.1) is 0 Å². The van der Waals surface area contributed by atoms with Crippen LogP contribution in [0.5, 0.6) is 0 Å². The second kappa shape index (κ2) is 10.1. The number of carbonyl (C=O) groups excluding carboxylic acids is 3. The zero-order valence-electron chi connectivity index (χ0n) is 17.9. The van der Waals surface area contributed by atoms with E-state index in [0.29, 0.717) is 16.1 Å². The lowest BCUT2D eigenvalue weighted by Crippen LogP contribution is -2.56. The van der Waals surface area contributed by atoms with Gasteiger partial charge >= 0.3 is 0 Å². The quantitative estimate of drug-likeness (QED) is 0.685. The van der Waals surface area contributed by atoms with Crippen LogP contribution in [0.15, 0.2) is 42.7 Å². The van der Waals surface area contributed by atoms with Gasteiger partial charge in [0.15, 0.2) is 6.17 Å². The number of halogens is 2. The van der Waals surface area contributed by atoms with Crippen molar-refractivity contribution in [2.75, 3.05) is 13.1 Å². The summed E-state index contributed by atoms with van der Waals surface area (Å²) in [6.07, 6.45) is 5.12. The summed E-state index contributed by atoms with van der Waals surface area (Å²) in [5.41, 5.74) is 6.68. The standard InChI is InChI=1S/C23H25Cl2N5O3/c24-18-6-1-15(13-19(18)25)23(33)30-12-11-29(22(32)14-7-9-27-10-8-14)21(30)20(31)28-17-4-2-16(26)3-5-17/h1,6-10,13,16-17,21H,2-5,11-12,26H2,(H,28,31). The molecule has 1 aromatic heterocycles. The molecule has 3 N–H and O–H groups in total. The van der Waals surface area contributed by atoms with Gasteiger partial charge in [0.2, 0.25) is 0 Å². The number of rotatable bonds is 4. The first-order chi connectivity index (χ1) is 15.8. The van der Waals surface area contributed by atoms with E-state index >= 15 is 0 Å². The van der Waals surface area contributed by atoms with E-state index in [9.17, 15) is 14.4 Å². The van der Waals surface area contributed by atoms with Gasteiger partial charge in [0, 0.05) is 48.7 Å². The fourth-order valence-electron chi connectivity index (χ4n) is 4.33.